The Morgan fingerprint density at radius 2 is 1.95 bits per heavy atom. The van der Waals surface area contributed by atoms with Crippen molar-refractivity contribution in [1.82, 2.24) is 14.9 Å². The summed E-state index contributed by atoms with van der Waals surface area (Å²) in [7, 11) is 0. The van der Waals surface area contributed by atoms with E-state index in [1.807, 2.05) is 13.8 Å². The molecule has 1 aromatic heterocycles. The van der Waals surface area contributed by atoms with Crippen molar-refractivity contribution in [2.75, 3.05) is 0 Å². The van der Waals surface area contributed by atoms with Gasteiger partial charge in [-0.15, -0.1) is 0 Å². The smallest absolute Gasteiger partial charge is 0.335 e. The number of carboxylic acids is 1. The molecular weight excluding hydrogens is 270 g/mol. The van der Waals surface area contributed by atoms with Gasteiger partial charge < -0.3 is 15.0 Å². The molecule has 6 heteroatoms. The molecule has 0 aliphatic rings. The summed E-state index contributed by atoms with van der Waals surface area (Å²) in [6, 6.07) is 4.32. The summed E-state index contributed by atoms with van der Waals surface area (Å²) in [5.74, 6) is -0.436. The van der Waals surface area contributed by atoms with E-state index in [-0.39, 0.29) is 17.5 Å². The molecule has 0 aliphatic heterocycles. The van der Waals surface area contributed by atoms with Crippen LogP contribution in [-0.2, 0) is 4.79 Å². The number of hydrogen-bond acceptors (Lipinski definition) is 3. The van der Waals surface area contributed by atoms with Gasteiger partial charge in [0, 0.05) is 6.04 Å². The minimum atomic E-state index is -0.999. The Morgan fingerprint density at radius 1 is 1.29 bits per heavy atom. The van der Waals surface area contributed by atoms with E-state index in [1.54, 1.807) is 30.5 Å². The van der Waals surface area contributed by atoms with Crippen LogP contribution in [0.3, 0.4) is 0 Å². The van der Waals surface area contributed by atoms with Crippen LogP contribution in [0, 0.1) is 6.92 Å². The predicted octanol–water partition coefficient (Wildman–Crippen LogP) is 2.13. The summed E-state index contributed by atoms with van der Waals surface area (Å²) >= 11 is 0. The highest BCUT2D eigenvalue weighted by molar-refractivity contribution is 5.93. The molecule has 0 fully saturated rings. The van der Waals surface area contributed by atoms with Crippen molar-refractivity contribution in [3.05, 3.63) is 29.6 Å². The second-order valence-electron chi connectivity index (χ2n) is 5.38. The molecule has 0 saturated heterocycles. The van der Waals surface area contributed by atoms with Gasteiger partial charge in [0.2, 0.25) is 5.91 Å². The fourth-order valence-corrected chi connectivity index (χ4v) is 2.36. The number of aromatic carboxylic acids is 1. The molecule has 1 unspecified atom stereocenters. The SMILES string of the molecule is Cc1nc2ccc(C(=O)O)cc2n1C(C)C(=O)NC(C)C. The molecular formula is C15H19N3O3. The molecule has 0 saturated carbocycles. The third kappa shape index (κ3) is 2.89. The van der Waals surface area contributed by atoms with Crippen LogP contribution in [0.15, 0.2) is 18.2 Å². The van der Waals surface area contributed by atoms with E-state index in [9.17, 15) is 9.59 Å². The highest BCUT2D eigenvalue weighted by Crippen LogP contribution is 2.22. The van der Waals surface area contributed by atoms with E-state index in [1.165, 1.54) is 6.07 Å². The fraction of sp³-hybridized carbons (Fsp3) is 0.400. The Bertz CT molecular complexity index is 703. The monoisotopic (exact) mass is 289 g/mol. The van der Waals surface area contributed by atoms with Crippen molar-refractivity contribution >= 4 is 22.9 Å². The van der Waals surface area contributed by atoms with Crippen LogP contribution in [0.5, 0.6) is 0 Å². The number of amides is 1. The third-order valence-corrected chi connectivity index (χ3v) is 3.31. The second-order valence-corrected chi connectivity index (χ2v) is 5.38. The van der Waals surface area contributed by atoms with Gasteiger partial charge >= 0.3 is 5.97 Å². The van der Waals surface area contributed by atoms with Crippen LogP contribution in [-0.4, -0.2) is 32.6 Å². The number of carboxylic acid groups (broad SMARTS) is 1. The second kappa shape index (κ2) is 5.55. The Morgan fingerprint density at radius 3 is 2.52 bits per heavy atom. The maximum Gasteiger partial charge on any atom is 0.335 e. The van der Waals surface area contributed by atoms with Crippen molar-refractivity contribution in [3.8, 4) is 0 Å². The molecule has 2 rings (SSSR count). The molecule has 21 heavy (non-hydrogen) atoms. The number of hydrogen-bond donors (Lipinski definition) is 2. The molecule has 0 spiro atoms. The van der Waals surface area contributed by atoms with Crippen molar-refractivity contribution < 1.29 is 14.7 Å². The Hall–Kier alpha value is -2.37. The predicted molar refractivity (Wildman–Crippen MR) is 79.4 cm³/mol. The van der Waals surface area contributed by atoms with Crippen molar-refractivity contribution in [2.24, 2.45) is 0 Å². The quantitative estimate of drug-likeness (QED) is 0.903. The summed E-state index contributed by atoms with van der Waals surface area (Å²) in [5.41, 5.74) is 1.51. The Balaban J connectivity index is 2.51. The van der Waals surface area contributed by atoms with E-state index in [2.05, 4.69) is 10.3 Å². The van der Waals surface area contributed by atoms with Gasteiger partial charge in [0.15, 0.2) is 0 Å². The summed E-state index contributed by atoms with van der Waals surface area (Å²) in [5, 5.41) is 12.0. The van der Waals surface area contributed by atoms with Gasteiger partial charge in [0.25, 0.3) is 0 Å². The molecule has 2 aromatic rings. The maximum atomic E-state index is 12.2. The van der Waals surface area contributed by atoms with E-state index < -0.39 is 12.0 Å². The number of aryl methyl sites for hydroxylation is 1. The van der Waals surface area contributed by atoms with Gasteiger partial charge in [0.05, 0.1) is 16.6 Å². The topological polar surface area (TPSA) is 84.2 Å². The zero-order valence-corrected chi connectivity index (χ0v) is 12.5. The molecule has 1 amide bonds. The first-order chi connectivity index (χ1) is 9.81. The molecule has 0 radical (unpaired) electrons. The lowest BCUT2D eigenvalue weighted by Crippen LogP contribution is -2.36. The molecule has 1 heterocycles. The highest BCUT2D eigenvalue weighted by Gasteiger charge is 2.21. The van der Waals surface area contributed by atoms with Crippen LogP contribution < -0.4 is 5.32 Å². The first kappa shape index (κ1) is 15.0. The highest BCUT2D eigenvalue weighted by atomic mass is 16.4. The standard InChI is InChI=1S/C15H19N3O3/c1-8(2)16-14(19)9(3)18-10(4)17-12-6-5-11(15(20)21)7-13(12)18/h5-9H,1-4H3,(H,16,19)(H,20,21). The van der Waals surface area contributed by atoms with Gasteiger partial charge in [-0.2, -0.15) is 0 Å². The number of imidazole rings is 1. The molecule has 2 N–H and O–H groups in total. The lowest BCUT2D eigenvalue weighted by atomic mass is 10.2. The molecule has 0 bridgehead atoms. The van der Waals surface area contributed by atoms with E-state index >= 15 is 0 Å². The Kier molecular flexibility index (Phi) is 3.97. The van der Waals surface area contributed by atoms with Crippen LogP contribution in [0.2, 0.25) is 0 Å². The average molecular weight is 289 g/mol. The molecule has 1 aromatic carbocycles. The molecule has 6 nitrogen and oxygen atoms in total. The summed E-state index contributed by atoms with van der Waals surface area (Å²) in [4.78, 5) is 27.7. The van der Waals surface area contributed by atoms with Gasteiger partial charge in [-0.25, -0.2) is 9.78 Å². The summed E-state index contributed by atoms with van der Waals surface area (Å²) in [6.07, 6.45) is 0. The zero-order chi connectivity index (χ0) is 15.7. The van der Waals surface area contributed by atoms with Gasteiger partial charge in [-0.1, -0.05) is 0 Å². The lowest BCUT2D eigenvalue weighted by Gasteiger charge is -2.18. The Labute approximate surface area is 122 Å². The summed E-state index contributed by atoms with van der Waals surface area (Å²) < 4.78 is 1.76. The van der Waals surface area contributed by atoms with Crippen molar-refractivity contribution in [2.45, 2.75) is 39.8 Å². The number of fused-ring (bicyclic) bond motifs is 1. The normalized spacial score (nSPS) is 12.6. The number of rotatable bonds is 4. The molecule has 0 aliphatic carbocycles. The minimum Gasteiger partial charge on any atom is -0.478 e. The van der Waals surface area contributed by atoms with E-state index in [0.29, 0.717) is 16.9 Å². The summed E-state index contributed by atoms with van der Waals surface area (Å²) in [6.45, 7) is 7.37. The first-order valence-corrected chi connectivity index (χ1v) is 6.83. The number of carbonyl (C=O) groups is 2. The van der Waals surface area contributed by atoms with E-state index in [0.717, 1.165) is 0 Å². The van der Waals surface area contributed by atoms with Crippen molar-refractivity contribution in [1.29, 1.82) is 0 Å². The van der Waals surface area contributed by atoms with Gasteiger partial charge in [0.1, 0.15) is 11.9 Å². The number of carbonyl (C=O) groups excluding carboxylic acids is 1. The van der Waals surface area contributed by atoms with Crippen molar-refractivity contribution in [3.63, 3.8) is 0 Å². The van der Waals surface area contributed by atoms with Gasteiger partial charge in [-0.3, -0.25) is 4.79 Å². The van der Waals surface area contributed by atoms with Crippen LogP contribution in [0.1, 0.15) is 43.0 Å². The third-order valence-electron chi connectivity index (χ3n) is 3.31. The van der Waals surface area contributed by atoms with Crippen LogP contribution >= 0.6 is 0 Å². The number of aromatic nitrogens is 2. The maximum absolute atomic E-state index is 12.2. The average Bonchev–Trinajstić information content (AvgIpc) is 2.71. The number of nitrogens with one attached hydrogen (secondary N) is 1. The zero-order valence-electron chi connectivity index (χ0n) is 12.5. The molecule has 1 atom stereocenters. The lowest BCUT2D eigenvalue weighted by molar-refractivity contribution is -0.124. The first-order valence-electron chi connectivity index (χ1n) is 6.83. The van der Waals surface area contributed by atoms with Crippen LogP contribution in [0.25, 0.3) is 11.0 Å². The fourth-order valence-electron chi connectivity index (χ4n) is 2.36. The van der Waals surface area contributed by atoms with Gasteiger partial charge in [-0.05, 0) is 45.9 Å². The number of nitrogens with zero attached hydrogens (tertiary/aromatic N) is 2. The largest absolute Gasteiger partial charge is 0.478 e. The van der Waals surface area contributed by atoms with E-state index in [4.69, 9.17) is 5.11 Å². The number of benzene rings is 1. The minimum absolute atomic E-state index is 0.0459. The molecule has 112 valence electrons. The van der Waals surface area contributed by atoms with Crippen LogP contribution in [0.4, 0.5) is 0 Å².